The number of nitrogens with one attached hydrogen (secondary N) is 1. The first-order chi connectivity index (χ1) is 12.1. The quantitative estimate of drug-likeness (QED) is 0.910. The van der Waals surface area contributed by atoms with Crippen molar-refractivity contribution in [3.63, 3.8) is 0 Å². The minimum atomic E-state index is -0.373. The second-order valence-corrected chi connectivity index (χ2v) is 6.08. The topological polar surface area (TPSA) is 58.6 Å². The lowest BCUT2D eigenvalue weighted by Crippen LogP contribution is -2.28. The maximum absolute atomic E-state index is 12.6. The van der Waals surface area contributed by atoms with Gasteiger partial charge in [-0.15, -0.1) is 0 Å². The molecule has 0 saturated carbocycles. The molecule has 2 aromatic rings. The van der Waals surface area contributed by atoms with Gasteiger partial charge in [0, 0.05) is 18.7 Å². The minimum absolute atomic E-state index is 0.0129. The second-order valence-electron chi connectivity index (χ2n) is 6.08. The maximum atomic E-state index is 12.6. The van der Waals surface area contributed by atoms with E-state index in [2.05, 4.69) is 12.2 Å². The first-order valence-electron chi connectivity index (χ1n) is 8.46. The van der Waals surface area contributed by atoms with Crippen LogP contribution in [0.15, 0.2) is 48.5 Å². The molecule has 1 fully saturated rings. The van der Waals surface area contributed by atoms with Gasteiger partial charge in [-0.3, -0.25) is 9.59 Å². The van der Waals surface area contributed by atoms with Gasteiger partial charge in [0.25, 0.3) is 0 Å². The SMILES string of the molecule is CCc1ccccc1N1CC(C(=O)Nc2ccccc2OC)CC1=O. The lowest BCUT2D eigenvalue weighted by molar-refractivity contribution is -0.122. The smallest absolute Gasteiger partial charge is 0.229 e. The Balaban J connectivity index is 1.75. The van der Waals surface area contributed by atoms with Crippen molar-refractivity contribution in [3.05, 3.63) is 54.1 Å². The van der Waals surface area contributed by atoms with Crippen LogP contribution in [0, 0.1) is 5.92 Å². The molecule has 3 rings (SSSR count). The van der Waals surface area contributed by atoms with Crippen molar-refractivity contribution in [1.29, 1.82) is 0 Å². The molecule has 1 atom stereocenters. The summed E-state index contributed by atoms with van der Waals surface area (Å²) in [6, 6.07) is 15.1. The van der Waals surface area contributed by atoms with E-state index in [1.165, 1.54) is 0 Å². The Kier molecular flexibility index (Phi) is 5.03. The Labute approximate surface area is 147 Å². The van der Waals surface area contributed by atoms with Crippen molar-refractivity contribution in [2.24, 2.45) is 5.92 Å². The van der Waals surface area contributed by atoms with Crippen molar-refractivity contribution in [1.82, 2.24) is 0 Å². The van der Waals surface area contributed by atoms with Crippen LogP contribution in [-0.4, -0.2) is 25.5 Å². The second kappa shape index (κ2) is 7.38. The zero-order chi connectivity index (χ0) is 17.8. The summed E-state index contributed by atoms with van der Waals surface area (Å²) >= 11 is 0. The van der Waals surface area contributed by atoms with E-state index in [0.29, 0.717) is 18.0 Å². The van der Waals surface area contributed by atoms with Gasteiger partial charge in [-0.1, -0.05) is 37.3 Å². The number of nitrogens with zero attached hydrogens (tertiary/aromatic N) is 1. The number of aryl methyl sites for hydroxylation is 1. The van der Waals surface area contributed by atoms with E-state index in [-0.39, 0.29) is 24.2 Å². The number of para-hydroxylation sites is 3. The highest BCUT2D eigenvalue weighted by Crippen LogP contribution is 2.30. The van der Waals surface area contributed by atoms with Gasteiger partial charge < -0.3 is 15.0 Å². The molecule has 0 bridgehead atoms. The zero-order valence-corrected chi connectivity index (χ0v) is 14.5. The molecule has 0 radical (unpaired) electrons. The fourth-order valence-electron chi connectivity index (χ4n) is 3.17. The number of ether oxygens (including phenoxy) is 1. The zero-order valence-electron chi connectivity index (χ0n) is 14.5. The van der Waals surface area contributed by atoms with Crippen molar-refractivity contribution in [3.8, 4) is 5.75 Å². The fourth-order valence-corrected chi connectivity index (χ4v) is 3.17. The summed E-state index contributed by atoms with van der Waals surface area (Å²) in [4.78, 5) is 26.8. The minimum Gasteiger partial charge on any atom is -0.495 e. The molecule has 0 aliphatic carbocycles. The summed E-state index contributed by atoms with van der Waals surface area (Å²) in [7, 11) is 1.56. The molecule has 0 aromatic heterocycles. The molecule has 1 N–H and O–H groups in total. The van der Waals surface area contributed by atoms with E-state index in [0.717, 1.165) is 17.7 Å². The monoisotopic (exact) mass is 338 g/mol. The van der Waals surface area contributed by atoms with E-state index in [1.807, 2.05) is 36.4 Å². The van der Waals surface area contributed by atoms with Gasteiger partial charge in [-0.05, 0) is 30.2 Å². The Morgan fingerprint density at radius 2 is 1.92 bits per heavy atom. The van der Waals surface area contributed by atoms with Gasteiger partial charge in [0.05, 0.1) is 18.7 Å². The van der Waals surface area contributed by atoms with Gasteiger partial charge >= 0.3 is 0 Å². The van der Waals surface area contributed by atoms with Crippen LogP contribution in [0.5, 0.6) is 5.75 Å². The van der Waals surface area contributed by atoms with Crippen molar-refractivity contribution in [2.75, 3.05) is 23.9 Å². The molecule has 5 nitrogen and oxygen atoms in total. The van der Waals surface area contributed by atoms with E-state index >= 15 is 0 Å². The molecule has 1 saturated heterocycles. The van der Waals surface area contributed by atoms with Crippen molar-refractivity contribution < 1.29 is 14.3 Å². The summed E-state index contributed by atoms with van der Waals surface area (Å²) in [6.45, 7) is 2.46. The summed E-state index contributed by atoms with van der Waals surface area (Å²) < 4.78 is 5.26. The number of benzene rings is 2. The number of carbonyl (C=O) groups excluding carboxylic acids is 2. The highest BCUT2D eigenvalue weighted by molar-refractivity contribution is 6.04. The van der Waals surface area contributed by atoms with Crippen molar-refractivity contribution in [2.45, 2.75) is 19.8 Å². The molecule has 1 aliphatic heterocycles. The average molecular weight is 338 g/mol. The van der Waals surface area contributed by atoms with Crippen LogP contribution in [0.1, 0.15) is 18.9 Å². The number of carbonyl (C=O) groups is 2. The normalized spacial score (nSPS) is 16.8. The van der Waals surface area contributed by atoms with E-state index in [1.54, 1.807) is 24.1 Å². The van der Waals surface area contributed by atoms with Crippen LogP contribution in [-0.2, 0) is 16.0 Å². The molecule has 25 heavy (non-hydrogen) atoms. The molecule has 1 unspecified atom stereocenters. The predicted molar refractivity (Wildman–Crippen MR) is 97.9 cm³/mol. The lowest BCUT2D eigenvalue weighted by Gasteiger charge is -2.20. The number of methoxy groups -OCH3 is 1. The van der Waals surface area contributed by atoms with E-state index in [4.69, 9.17) is 4.74 Å². The Hall–Kier alpha value is -2.82. The lowest BCUT2D eigenvalue weighted by atomic mass is 10.1. The molecule has 0 spiro atoms. The fraction of sp³-hybridized carbons (Fsp3) is 0.300. The average Bonchev–Trinajstić information content (AvgIpc) is 3.03. The molecular formula is C20H22N2O3. The van der Waals surface area contributed by atoms with Gasteiger partial charge in [-0.2, -0.15) is 0 Å². The molecule has 2 aromatic carbocycles. The summed E-state index contributed by atoms with van der Waals surface area (Å²) in [6.07, 6.45) is 1.07. The molecule has 1 aliphatic rings. The van der Waals surface area contributed by atoms with Crippen LogP contribution in [0.3, 0.4) is 0 Å². The predicted octanol–water partition coefficient (Wildman–Crippen LogP) is 3.25. The van der Waals surface area contributed by atoms with Crippen LogP contribution in [0.4, 0.5) is 11.4 Å². The largest absolute Gasteiger partial charge is 0.495 e. The number of rotatable bonds is 5. The van der Waals surface area contributed by atoms with Gasteiger partial charge in [0.1, 0.15) is 5.75 Å². The van der Waals surface area contributed by atoms with Crippen LogP contribution < -0.4 is 15.0 Å². The van der Waals surface area contributed by atoms with E-state index < -0.39 is 0 Å². The highest BCUT2D eigenvalue weighted by atomic mass is 16.5. The maximum Gasteiger partial charge on any atom is 0.229 e. The molecule has 2 amide bonds. The Bertz CT molecular complexity index is 788. The molecule has 1 heterocycles. The van der Waals surface area contributed by atoms with Crippen molar-refractivity contribution >= 4 is 23.2 Å². The third kappa shape index (κ3) is 3.50. The highest BCUT2D eigenvalue weighted by Gasteiger charge is 2.36. The molecule has 5 heteroatoms. The van der Waals surface area contributed by atoms with Crippen LogP contribution in [0.2, 0.25) is 0 Å². The first kappa shape index (κ1) is 17.0. The third-order valence-corrected chi connectivity index (χ3v) is 4.52. The molecular weight excluding hydrogens is 316 g/mol. The van der Waals surface area contributed by atoms with Crippen LogP contribution in [0.25, 0.3) is 0 Å². The van der Waals surface area contributed by atoms with Crippen LogP contribution >= 0.6 is 0 Å². The van der Waals surface area contributed by atoms with Gasteiger partial charge in [0.2, 0.25) is 11.8 Å². The third-order valence-electron chi connectivity index (χ3n) is 4.52. The summed E-state index contributed by atoms with van der Waals surface area (Å²) in [5, 5.41) is 2.88. The number of amides is 2. The van der Waals surface area contributed by atoms with Gasteiger partial charge in [-0.25, -0.2) is 0 Å². The molecule has 130 valence electrons. The van der Waals surface area contributed by atoms with Gasteiger partial charge in [0.15, 0.2) is 0 Å². The Morgan fingerprint density at radius 3 is 2.68 bits per heavy atom. The number of hydrogen-bond donors (Lipinski definition) is 1. The standard InChI is InChI=1S/C20H22N2O3/c1-3-14-8-4-6-10-17(14)22-13-15(12-19(22)23)20(24)21-16-9-5-7-11-18(16)25-2/h4-11,15H,3,12-13H2,1-2H3,(H,21,24). The van der Waals surface area contributed by atoms with E-state index in [9.17, 15) is 9.59 Å². The number of hydrogen-bond acceptors (Lipinski definition) is 3. The summed E-state index contributed by atoms with van der Waals surface area (Å²) in [5.74, 6) is 0.0612. The first-order valence-corrected chi connectivity index (χ1v) is 8.46. The number of anilines is 2. The Morgan fingerprint density at radius 1 is 1.20 bits per heavy atom. The summed E-state index contributed by atoms with van der Waals surface area (Å²) in [5.41, 5.74) is 2.64.